The molecule has 1 unspecified atom stereocenters. The molecule has 7 N–H and O–H groups in total. The smallest absolute Gasteiger partial charge is 0.271 e. The van der Waals surface area contributed by atoms with Crippen molar-refractivity contribution in [1.29, 1.82) is 0 Å². The Morgan fingerprint density at radius 1 is 1.43 bits per heavy atom. The lowest BCUT2D eigenvalue weighted by Crippen LogP contribution is -2.25. The molecule has 158 valence electrons. The summed E-state index contributed by atoms with van der Waals surface area (Å²) >= 11 is 5.22. The summed E-state index contributed by atoms with van der Waals surface area (Å²) in [7, 11) is 0. The summed E-state index contributed by atoms with van der Waals surface area (Å²) in [6, 6.07) is 0. The van der Waals surface area contributed by atoms with Crippen molar-refractivity contribution < 1.29 is 15.0 Å². The fraction of sp³-hybridized carbons (Fsp3) is 0.200. The van der Waals surface area contributed by atoms with E-state index in [1.54, 1.807) is 6.92 Å². The van der Waals surface area contributed by atoms with Gasteiger partial charge in [-0.05, 0) is 34.4 Å². The minimum atomic E-state index is -1.45. The van der Waals surface area contributed by atoms with Crippen LogP contribution in [0.1, 0.15) is 20.9 Å². The van der Waals surface area contributed by atoms with Crippen molar-refractivity contribution in [3.05, 3.63) is 43.4 Å². The van der Waals surface area contributed by atoms with Crippen molar-refractivity contribution in [2.75, 3.05) is 17.2 Å². The number of carbonyl (C=O) groups is 1. The van der Waals surface area contributed by atoms with Crippen molar-refractivity contribution >= 4 is 66.6 Å². The van der Waals surface area contributed by atoms with Crippen LogP contribution in [0, 0.1) is 6.92 Å². The van der Waals surface area contributed by atoms with Crippen LogP contribution in [0.25, 0.3) is 0 Å². The molecule has 0 aromatic carbocycles. The van der Waals surface area contributed by atoms with Gasteiger partial charge in [0.2, 0.25) is 5.95 Å². The molecule has 0 aliphatic heterocycles. The molecule has 30 heavy (non-hydrogen) atoms. The molecule has 0 fully saturated rings. The van der Waals surface area contributed by atoms with Gasteiger partial charge >= 0.3 is 0 Å². The van der Waals surface area contributed by atoms with E-state index in [0.29, 0.717) is 25.2 Å². The number of amidine groups is 1. The maximum atomic E-state index is 12.5. The first kappa shape index (κ1) is 22.0. The van der Waals surface area contributed by atoms with Crippen molar-refractivity contribution in [3.63, 3.8) is 0 Å². The third-order valence-corrected chi connectivity index (χ3v) is 5.76. The molecular formula is C15H15BrN8O4S2. The molecule has 3 aromatic heterocycles. The van der Waals surface area contributed by atoms with Gasteiger partial charge in [-0.15, -0.1) is 0 Å². The minimum absolute atomic E-state index is 0.00498. The van der Waals surface area contributed by atoms with Gasteiger partial charge in [0, 0.05) is 12.4 Å². The van der Waals surface area contributed by atoms with Gasteiger partial charge in [0.1, 0.15) is 21.3 Å². The maximum absolute atomic E-state index is 12.5. The molecule has 0 bridgehead atoms. The number of aliphatic hydroxyl groups excluding tert-OH is 2. The van der Waals surface area contributed by atoms with Crippen LogP contribution in [0.4, 0.5) is 16.1 Å². The second-order valence-electron chi connectivity index (χ2n) is 5.65. The molecule has 0 aliphatic carbocycles. The number of carbonyl (C=O) groups excluding carboxylic acids is 1. The highest BCUT2D eigenvalue weighted by Crippen LogP contribution is 2.29. The molecule has 12 nitrogen and oxygen atoms in total. The number of halogens is 1. The standard InChI is InChI=1S/C15H15BrN8O4S2/c1-5-9(12(28)22-14-18-2-6(16)3-19-14)29-15(20-5)23-13-8(11(27)24-30-13)10(17)21-7(26)4-25/h2-3,7,25-26H,4H2,1H3,(H2,17,21)(H,20,23)(H,24,27)(H,18,19,22,28). The first-order valence-corrected chi connectivity index (χ1v) is 10.6. The molecule has 0 saturated carbocycles. The van der Waals surface area contributed by atoms with Crippen molar-refractivity contribution in [1.82, 2.24) is 19.3 Å². The number of aliphatic hydroxyl groups is 2. The first-order chi connectivity index (χ1) is 14.3. The number of nitrogens with two attached hydrogens (primary N) is 1. The third kappa shape index (κ3) is 5.06. The van der Waals surface area contributed by atoms with Crippen LogP contribution in [0.5, 0.6) is 0 Å². The van der Waals surface area contributed by atoms with Gasteiger partial charge < -0.3 is 21.3 Å². The van der Waals surface area contributed by atoms with Crippen LogP contribution in [-0.2, 0) is 0 Å². The Morgan fingerprint density at radius 3 is 2.80 bits per heavy atom. The number of nitrogens with one attached hydrogen (secondary N) is 3. The molecule has 0 saturated heterocycles. The molecule has 0 aliphatic rings. The summed E-state index contributed by atoms with van der Waals surface area (Å²) in [4.78, 5) is 40.8. The fourth-order valence-corrected chi connectivity index (χ4v) is 4.06. The third-order valence-electron chi connectivity index (χ3n) is 3.48. The van der Waals surface area contributed by atoms with E-state index in [1.807, 2.05) is 0 Å². The highest BCUT2D eigenvalue weighted by atomic mass is 79.9. The number of aryl methyl sites for hydroxylation is 1. The molecule has 3 rings (SSSR count). The summed E-state index contributed by atoms with van der Waals surface area (Å²) in [5.74, 6) is -0.543. The van der Waals surface area contributed by atoms with Gasteiger partial charge in [-0.25, -0.2) is 19.9 Å². The maximum Gasteiger partial charge on any atom is 0.271 e. The zero-order valence-electron chi connectivity index (χ0n) is 15.2. The number of anilines is 3. The van der Waals surface area contributed by atoms with E-state index in [2.05, 4.69) is 50.9 Å². The van der Waals surface area contributed by atoms with Crippen LogP contribution in [-0.4, -0.2) is 54.1 Å². The number of aliphatic imine (C=N–C) groups is 1. The number of nitrogens with zero attached hydrogens (tertiary/aromatic N) is 4. The second-order valence-corrected chi connectivity index (χ2v) is 8.38. The number of thiazole rings is 1. The zero-order chi connectivity index (χ0) is 21.8. The lowest BCUT2D eigenvalue weighted by atomic mass is 10.3. The predicted molar refractivity (Wildman–Crippen MR) is 117 cm³/mol. The molecule has 15 heteroatoms. The van der Waals surface area contributed by atoms with Crippen LogP contribution in [0.15, 0.2) is 26.7 Å². The van der Waals surface area contributed by atoms with Gasteiger partial charge in [0.15, 0.2) is 11.4 Å². The molecule has 1 atom stereocenters. The fourth-order valence-electron chi connectivity index (χ4n) is 2.18. The highest BCUT2D eigenvalue weighted by molar-refractivity contribution is 9.10. The minimum Gasteiger partial charge on any atom is -0.392 e. The van der Waals surface area contributed by atoms with E-state index in [9.17, 15) is 14.7 Å². The normalized spacial score (nSPS) is 12.6. The summed E-state index contributed by atoms with van der Waals surface area (Å²) in [5, 5.41) is 24.4. The summed E-state index contributed by atoms with van der Waals surface area (Å²) < 4.78 is 3.18. The Morgan fingerprint density at radius 2 is 2.13 bits per heavy atom. The SMILES string of the molecule is Cc1nc(Nc2s[nH]c(=O)c2/C(N)=N/C(O)CO)sc1C(=O)Nc1ncc(Br)cn1. The van der Waals surface area contributed by atoms with Crippen LogP contribution < -0.4 is 21.9 Å². The van der Waals surface area contributed by atoms with E-state index < -0.39 is 24.3 Å². The molecular weight excluding hydrogens is 500 g/mol. The second kappa shape index (κ2) is 9.40. The Bertz CT molecular complexity index is 1140. The lowest BCUT2D eigenvalue weighted by molar-refractivity contribution is 0.102. The summed E-state index contributed by atoms with van der Waals surface area (Å²) in [6.45, 7) is 1.02. The number of hydrogen-bond acceptors (Lipinski definition) is 11. The van der Waals surface area contributed by atoms with Gasteiger partial charge in [-0.1, -0.05) is 11.3 Å². The Labute approximate surface area is 185 Å². The van der Waals surface area contributed by atoms with E-state index in [4.69, 9.17) is 10.8 Å². The predicted octanol–water partition coefficient (Wildman–Crippen LogP) is 0.766. The van der Waals surface area contributed by atoms with Crippen molar-refractivity contribution in [2.24, 2.45) is 10.7 Å². The lowest BCUT2D eigenvalue weighted by Gasteiger charge is -2.05. The molecule has 0 radical (unpaired) electrons. The van der Waals surface area contributed by atoms with Gasteiger partial charge in [0.25, 0.3) is 11.5 Å². The first-order valence-electron chi connectivity index (χ1n) is 8.16. The van der Waals surface area contributed by atoms with Crippen LogP contribution >= 0.6 is 38.8 Å². The van der Waals surface area contributed by atoms with Crippen LogP contribution in [0.3, 0.4) is 0 Å². The molecule has 0 spiro atoms. The number of aromatic nitrogens is 4. The van der Waals surface area contributed by atoms with Gasteiger partial charge in [0.05, 0.1) is 16.8 Å². The topological polar surface area (TPSA) is 192 Å². The van der Waals surface area contributed by atoms with Crippen molar-refractivity contribution in [3.8, 4) is 0 Å². The Kier molecular flexibility index (Phi) is 6.88. The quantitative estimate of drug-likeness (QED) is 0.195. The van der Waals surface area contributed by atoms with Gasteiger partial charge in [-0.3, -0.25) is 19.3 Å². The average Bonchev–Trinajstić information content (AvgIpc) is 3.25. The number of rotatable bonds is 7. The monoisotopic (exact) mass is 514 g/mol. The van der Waals surface area contributed by atoms with Crippen LogP contribution in [0.2, 0.25) is 0 Å². The largest absolute Gasteiger partial charge is 0.392 e. The van der Waals surface area contributed by atoms with E-state index in [0.717, 1.165) is 22.9 Å². The molecule has 3 heterocycles. The number of H-pyrrole nitrogens is 1. The highest BCUT2D eigenvalue weighted by Gasteiger charge is 2.20. The summed E-state index contributed by atoms with van der Waals surface area (Å²) in [5.41, 5.74) is 5.71. The number of amides is 1. The number of hydrogen-bond donors (Lipinski definition) is 6. The molecule has 1 amide bonds. The van der Waals surface area contributed by atoms with E-state index in [-0.39, 0.29) is 17.3 Å². The summed E-state index contributed by atoms with van der Waals surface area (Å²) in [6.07, 6.45) is 1.56. The Hall–Kier alpha value is -2.72. The van der Waals surface area contributed by atoms with Crippen molar-refractivity contribution in [2.45, 2.75) is 13.2 Å². The average molecular weight is 515 g/mol. The van der Waals surface area contributed by atoms with E-state index in [1.165, 1.54) is 12.4 Å². The van der Waals surface area contributed by atoms with Gasteiger partial charge in [-0.2, -0.15) is 0 Å². The number of aromatic amines is 1. The Balaban J connectivity index is 1.81. The zero-order valence-corrected chi connectivity index (χ0v) is 18.4. The van der Waals surface area contributed by atoms with E-state index >= 15 is 0 Å². The molecule has 3 aromatic rings.